The third-order valence-corrected chi connectivity index (χ3v) is 5.19. The number of aromatic nitrogens is 3. The minimum atomic E-state index is -4.41. The van der Waals surface area contributed by atoms with Gasteiger partial charge in [-0.25, -0.2) is 9.67 Å². The summed E-state index contributed by atoms with van der Waals surface area (Å²) < 4.78 is 45.0. The number of piperazine rings is 1. The third-order valence-electron chi connectivity index (χ3n) is 5.19. The first kappa shape index (κ1) is 20.0. The summed E-state index contributed by atoms with van der Waals surface area (Å²) >= 11 is 0. The highest BCUT2D eigenvalue weighted by Crippen LogP contribution is 2.30. The molecule has 1 aliphatic heterocycles. The van der Waals surface area contributed by atoms with Crippen molar-refractivity contribution in [2.45, 2.75) is 6.18 Å². The molecule has 1 amide bonds. The Labute approximate surface area is 170 Å². The third kappa shape index (κ3) is 3.64. The number of carbonyl (C=O) groups excluding carboxylic acids is 1. The number of hydrogen-bond acceptors (Lipinski definition) is 5. The van der Waals surface area contributed by atoms with E-state index in [-0.39, 0.29) is 5.91 Å². The molecule has 158 valence electrons. The number of aryl methyl sites for hydroxylation is 1. The van der Waals surface area contributed by atoms with Gasteiger partial charge in [-0.3, -0.25) is 4.79 Å². The van der Waals surface area contributed by atoms with Gasteiger partial charge in [-0.1, -0.05) is 0 Å². The molecule has 1 aliphatic rings. The number of nitrogens with zero attached hydrogens (tertiary/aromatic N) is 5. The minimum Gasteiger partial charge on any atom is -0.481 e. The van der Waals surface area contributed by atoms with Crippen LogP contribution in [0.1, 0.15) is 15.9 Å². The maximum absolute atomic E-state index is 12.9. The molecule has 10 heteroatoms. The summed E-state index contributed by atoms with van der Waals surface area (Å²) in [5, 5.41) is 5.20. The number of anilines is 1. The van der Waals surface area contributed by atoms with Crippen molar-refractivity contribution in [3.63, 3.8) is 0 Å². The SMILES string of the molecule is COc1c2ccc(C(=O)N3CCN(c4ccc(C(F)(F)F)cn4)CC3)cc2nn1C. The molecule has 30 heavy (non-hydrogen) atoms. The van der Waals surface area contributed by atoms with Gasteiger partial charge in [-0.05, 0) is 30.3 Å². The van der Waals surface area contributed by atoms with Gasteiger partial charge < -0.3 is 14.5 Å². The number of methoxy groups -OCH3 is 1. The lowest BCUT2D eigenvalue weighted by Crippen LogP contribution is -2.49. The summed E-state index contributed by atoms with van der Waals surface area (Å²) in [5.74, 6) is 0.986. The molecular weight excluding hydrogens is 399 g/mol. The van der Waals surface area contributed by atoms with Crippen LogP contribution >= 0.6 is 0 Å². The van der Waals surface area contributed by atoms with Crippen molar-refractivity contribution in [3.05, 3.63) is 47.7 Å². The second-order valence-corrected chi connectivity index (χ2v) is 7.05. The number of fused-ring (bicyclic) bond motifs is 1. The summed E-state index contributed by atoms with van der Waals surface area (Å²) in [5.41, 5.74) is 0.429. The molecule has 1 aromatic carbocycles. The van der Waals surface area contributed by atoms with Gasteiger partial charge in [0, 0.05) is 45.0 Å². The van der Waals surface area contributed by atoms with E-state index >= 15 is 0 Å². The molecule has 0 unspecified atom stereocenters. The number of ether oxygens (including phenoxy) is 1. The van der Waals surface area contributed by atoms with E-state index in [1.54, 1.807) is 35.9 Å². The molecule has 1 saturated heterocycles. The highest BCUT2D eigenvalue weighted by atomic mass is 19.4. The van der Waals surface area contributed by atoms with Crippen LogP contribution < -0.4 is 9.64 Å². The van der Waals surface area contributed by atoms with Crippen molar-refractivity contribution in [2.24, 2.45) is 7.05 Å². The fourth-order valence-corrected chi connectivity index (χ4v) is 3.61. The van der Waals surface area contributed by atoms with Crippen LogP contribution in [0.2, 0.25) is 0 Å². The quantitative estimate of drug-likeness (QED) is 0.653. The first-order chi connectivity index (χ1) is 14.3. The van der Waals surface area contributed by atoms with Crippen molar-refractivity contribution in [1.29, 1.82) is 0 Å². The predicted octanol–water partition coefficient (Wildman–Crippen LogP) is 2.96. The predicted molar refractivity (Wildman–Crippen MR) is 105 cm³/mol. The van der Waals surface area contributed by atoms with Gasteiger partial charge in [0.15, 0.2) is 0 Å². The van der Waals surface area contributed by atoms with E-state index in [1.807, 2.05) is 11.0 Å². The molecule has 0 atom stereocenters. The van der Waals surface area contributed by atoms with Crippen molar-refractivity contribution in [3.8, 4) is 5.88 Å². The van der Waals surface area contributed by atoms with Gasteiger partial charge in [0.25, 0.3) is 5.91 Å². The molecule has 0 radical (unpaired) electrons. The van der Waals surface area contributed by atoms with E-state index in [4.69, 9.17) is 4.74 Å². The van der Waals surface area contributed by atoms with Crippen LogP contribution in [0.15, 0.2) is 36.5 Å². The molecule has 4 rings (SSSR count). The largest absolute Gasteiger partial charge is 0.481 e. The van der Waals surface area contributed by atoms with Gasteiger partial charge in [0.1, 0.15) is 5.82 Å². The Morgan fingerprint density at radius 2 is 1.83 bits per heavy atom. The number of carbonyl (C=O) groups is 1. The van der Waals surface area contributed by atoms with Crippen LogP contribution in [0.4, 0.5) is 19.0 Å². The Morgan fingerprint density at radius 1 is 1.10 bits per heavy atom. The van der Waals surface area contributed by atoms with Crippen LogP contribution in [0.25, 0.3) is 10.9 Å². The molecule has 0 bridgehead atoms. The standard InChI is InChI=1S/C20H20F3N5O2/c1-26-19(30-2)15-5-3-13(11-16(15)25-26)18(29)28-9-7-27(8-10-28)17-6-4-14(12-24-17)20(21,22)23/h3-6,11-12H,7-10H2,1-2H3. The van der Waals surface area contributed by atoms with Crippen LogP contribution in [0, 0.1) is 0 Å². The van der Waals surface area contributed by atoms with E-state index in [0.717, 1.165) is 17.6 Å². The summed E-state index contributed by atoms with van der Waals surface area (Å²) in [7, 11) is 3.34. The second kappa shape index (κ2) is 7.51. The molecule has 3 heterocycles. The molecule has 0 aliphatic carbocycles. The number of benzene rings is 1. The molecule has 0 spiro atoms. The van der Waals surface area contributed by atoms with E-state index in [1.165, 1.54) is 6.07 Å². The number of alkyl halides is 3. The van der Waals surface area contributed by atoms with Crippen molar-refractivity contribution >= 4 is 22.6 Å². The first-order valence-electron chi connectivity index (χ1n) is 9.36. The zero-order valence-electron chi connectivity index (χ0n) is 16.5. The number of halogens is 3. The number of rotatable bonds is 3. The van der Waals surface area contributed by atoms with E-state index in [0.29, 0.717) is 49.0 Å². The smallest absolute Gasteiger partial charge is 0.417 e. The number of amides is 1. The van der Waals surface area contributed by atoms with Crippen molar-refractivity contribution < 1.29 is 22.7 Å². The topological polar surface area (TPSA) is 63.5 Å². The van der Waals surface area contributed by atoms with Gasteiger partial charge >= 0.3 is 6.18 Å². The highest BCUT2D eigenvalue weighted by Gasteiger charge is 2.31. The maximum atomic E-state index is 12.9. The van der Waals surface area contributed by atoms with E-state index < -0.39 is 11.7 Å². The summed E-state index contributed by atoms with van der Waals surface area (Å²) in [6.07, 6.45) is -3.57. The average Bonchev–Trinajstić information content (AvgIpc) is 3.06. The van der Waals surface area contributed by atoms with E-state index in [2.05, 4.69) is 10.1 Å². The second-order valence-electron chi connectivity index (χ2n) is 7.05. The zero-order chi connectivity index (χ0) is 21.5. The zero-order valence-corrected chi connectivity index (χ0v) is 16.5. The lowest BCUT2D eigenvalue weighted by molar-refractivity contribution is -0.137. The fraction of sp³-hybridized carbons (Fsp3) is 0.350. The maximum Gasteiger partial charge on any atom is 0.417 e. The molecule has 1 fully saturated rings. The normalized spacial score (nSPS) is 15.0. The summed E-state index contributed by atoms with van der Waals surface area (Å²) in [4.78, 5) is 20.4. The van der Waals surface area contributed by atoms with Gasteiger partial charge in [0.05, 0.1) is 23.6 Å². The molecule has 2 aromatic heterocycles. The average molecular weight is 419 g/mol. The highest BCUT2D eigenvalue weighted by molar-refractivity contribution is 5.98. The van der Waals surface area contributed by atoms with Crippen LogP contribution in [-0.2, 0) is 13.2 Å². The first-order valence-corrected chi connectivity index (χ1v) is 9.36. The molecule has 0 saturated carbocycles. The Bertz CT molecular complexity index is 1070. The Kier molecular flexibility index (Phi) is 5.00. The molecule has 3 aromatic rings. The monoisotopic (exact) mass is 419 g/mol. The summed E-state index contributed by atoms with van der Waals surface area (Å²) in [6.45, 7) is 1.88. The lowest BCUT2D eigenvalue weighted by Gasteiger charge is -2.35. The molecular formula is C20H20F3N5O2. The van der Waals surface area contributed by atoms with Crippen LogP contribution in [0.5, 0.6) is 5.88 Å². The van der Waals surface area contributed by atoms with Gasteiger partial charge in [-0.15, -0.1) is 0 Å². The van der Waals surface area contributed by atoms with Gasteiger partial charge in [0.2, 0.25) is 5.88 Å². The van der Waals surface area contributed by atoms with Crippen molar-refractivity contribution in [1.82, 2.24) is 19.7 Å². The van der Waals surface area contributed by atoms with Crippen molar-refractivity contribution in [2.75, 3.05) is 38.2 Å². The number of hydrogen-bond donors (Lipinski definition) is 0. The minimum absolute atomic E-state index is 0.110. The van der Waals surface area contributed by atoms with Gasteiger partial charge in [-0.2, -0.15) is 18.3 Å². The van der Waals surface area contributed by atoms with E-state index in [9.17, 15) is 18.0 Å². The lowest BCUT2D eigenvalue weighted by atomic mass is 10.1. The Hall–Kier alpha value is -3.30. The van der Waals surface area contributed by atoms with Crippen LogP contribution in [-0.4, -0.2) is 58.9 Å². The molecule has 7 nitrogen and oxygen atoms in total. The number of pyridine rings is 1. The van der Waals surface area contributed by atoms with Crippen LogP contribution in [0.3, 0.4) is 0 Å². The Balaban J connectivity index is 1.44. The Morgan fingerprint density at radius 3 is 2.43 bits per heavy atom. The molecule has 0 N–H and O–H groups in total. The fourth-order valence-electron chi connectivity index (χ4n) is 3.61. The summed E-state index contributed by atoms with van der Waals surface area (Å²) in [6, 6.07) is 7.69.